The van der Waals surface area contributed by atoms with Crippen molar-refractivity contribution in [1.29, 1.82) is 0 Å². The molecule has 0 bridgehead atoms. The van der Waals surface area contributed by atoms with Gasteiger partial charge in [-0.1, -0.05) is 12.1 Å². The number of hydrogen-bond donors (Lipinski definition) is 1. The van der Waals surface area contributed by atoms with Crippen LogP contribution in [0.4, 0.5) is 14.5 Å². The summed E-state index contributed by atoms with van der Waals surface area (Å²) in [4.78, 5) is 15.9. The summed E-state index contributed by atoms with van der Waals surface area (Å²) in [5, 5.41) is 2.39. The summed E-state index contributed by atoms with van der Waals surface area (Å²) < 4.78 is 31.5. The van der Waals surface area contributed by atoms with Gasteiger partial charge in [-0.3, -0.25) is 4.79 Å². The molecule has 0 radical (unpaired) electrons. The van der Waals surface area contributed by atoms with Crippen LogP contribution in [-0.4, -0.2) is 10.9 Å². The lowest BCUT2D eigenvalue weighted by Crippen LogP contribution is -2.13. The third-order valence-corrected chi connectivity index (χ3v) is 3.04. The number of hydrogen-bond acceptors (Lipinski definition) is 3. The first kappa shape index (κ1) is 13.9. The first-order valence-corrected chi connectivity index (χ1v) is 6.39. The number of nitrogens with one attached hydrogen (secondary N) is 1. The smallest absolute Gasteiger partial charge is 0.255 e. The molecule has 1 N–H and O–H groups in total. The summed E-state index contributed by atoms with van der Waals surface area (Å²) in [7, 11) is 0. The molecule has 0 aliphatic heterocycles. The van der Waals surface area contributed by atoms with Crippen LogP contribution in [0.25, 0.3) is 11.3 Å². The maximum Gasteiger partial charge on any atom is 0.255 e. The molecule has 0 atom stereocenters. The number of anilines is 1. The Labute approximate surface area is 124 Å². The second-order valence-corrected chi connectivity index (χ2v) is 4.52. The fourth-order valence-electron chi connectivity index (χ4n) is 1.93. The summed E-state index contributed by atoms with van der Waals surface area (Å²) in [6, 6.07) is 9.50. The van der Waals surface area contributed by atoms with E-state index in [1.54, 1.807) is 30.5 Å². The number of oxazole rings is 1. The Bertz CT molecular complexity index is 800. The largest absolute Gasteiger partial charge is 0.444 e. The van der Waals surface area contributed by atoms with Crippen LogP contribution in [0.2, 0.25) is 0 Å². The third-order valence-electron chi connectivity index (χ3n) is 3.04. The molecular formula is C16H10F2N2O2. The lowest BCUT2D eigenvalue weighted by Gasteiger charge is -2.07. The zero-order chi connectivity index (χ0) is 15.5. The van der Waals surface area contributed by atoms with Gasteiger partial charge in [-0.2, -0.15) is 0 Å². The number of carbonyl (C=O) groups excluding carboxylic acids is 1. The Kier molecular flexibility index (Phi) is 3.65. The molecule has 0 fully saturated rings. The molecule has 6 heteroatoms. The predicted molar refractivity (Wildman–Crippen MR) is 76.3 cm³/mol. The number of nitrogens with zero attached hydrogens (tertiary/aromatic N) is 1. The fourth-order valence-corrected chi connectivity index (χ4v) is 1.93. The highest BCUT2D eigenvalue weighted by Crippen LogP contribution is 2.20. The van der Waals surface area contributed by atoms with E-state index in [4.69, 9.17) is 4.42 Å². The molecule has 0 saturated carbocycles. The highest BCUT2D eigenvalue weighted by molar-refractivity contribution is 6.04. The molecule has 110 valence electrons. The van der Waals surface area contributed by atoms with Crippen molar-refractivity contribution in [2.24, 2.45) is 0 Å². The van der Waals surface area contributed by atoms with Crippen molar-refractivity contribution < 1.29 is 18.0 Å². The van der Waals surface area contributed by atoms with E-state index in [1.807, 2.05) is 0 Å². The molecular weight excluding hydrogens is 290 g/mol. The summed E-state index contributed by atoms with van der Waals surface area (Å²) in [6.07, 6.45) is 2.87. The van der Waals surface area contributed by atoms with Crippen LogP contribution in [-0.2, 0) is 0 Å². The molecule has 0 unspecified atom stereocenters. The molecule has 0 spiro atoms. The number of amides is 1. The number of rotatable bonds is 3. The minimum absolute atomic E-state index is 0.0780. The minimum Gasteiger partial charge on any atom is -0.444 e. The van der Waals surface area contributed by atoms with E-state index in [1.165, 1.54) is 12.5 Å². The Morgan fingerprint density at radius 1 is 1.09 bits per heavy atom. The van der Waals surface area contributed by atoms with E-state index < -0.39 is 17.5 Å². The average Bonchev–Trinajstić information content (AvgIpc) is 3.04. The van der Waals surface area contributed by atoms with E-state index in [-0.39, 0.29) is 5.69 Å². The van der Waals surface area contributed by atoms with Gasteiger partial charge in [0.25, 0.3) is 5.91 Å². The van der Waals surface area contributed by atoms with Gasteiger partial charge in [-0.15, -0.1) is 0 Å². The standard InChI is InChI=1S/C16H10F2N2O2/c17-12-5-6-14(13(18)7-12)20-16(21)11-3-1-10(2-4-11)15-8-19-9-22-15/h1-9H,(H,20,21). The van der Waals surface area contributed by atoms with Gasteiger partial charge < -0.3 is 9.73 Å². The van der Waals surface area contributed by atoms with Crippen molar-refractivity contribution in [2.45, 2.75) is 0 Å². The second-order valence-electron chi connectivity index (χ2n) is 4.52. The summed E-state index contributed by atoms with van der Waals surface area (Å²) in [5.41, 5.74) is 1.03. The second kappa shape index (κ2) is 5.77. The van der Waals surface area contributed by atoms with E-state index in [0.717, 1.165) is 11.6 Å². The molecule has 0 saturated heterocycles. The number of carbonyl (C=O) groups is 1. The summed E-state index contributed by atoms with van der Waals surface area (Å²) in [6.45, 7) is 0. The van der Waals surface area contributed by atoms with Crippen molar-refractivity contribution >= 4 is 11.6 Å². The Balaban J connectivity index is 1.77. The maximum atomic E-state index is 13.5. The highest BCUT2D eigenvalue weighted by atomic mass is 19.1. The van der Waals surface area contributed by atoms with Gasteiger partial charge in [0.2, 0.25) is 0 Å². The first-order chi connectivity index (χ1) is 10.6. The summed E-state index contributed by atoms with van der Waals surface area (Å²) >= 11 is 0. The molecule has 0 aliphatic carbocycles. The van der Waals surface area contributed by atoms with Crippen molar-refractivity contribution in [1.82, 2.24) is 4.98 Å². The molecule has 0 aliphatic rings. The van der Waals surface area contributed by atoms with Crippen LogP contribution >= 0.6 is 0 Å². The van der Waals surface area contributed by atoms with E-state index in [9.17, 15) is 13.6 Å². The van der Waals surface area contributed by atoms with E-state index >= 15 is 0 Å². The molecule has 2 aromatic carbocycles. The lowest BCUT2D eigenvalue weighted by molar-refractivity contribution is 0.102. The van der Waals surface area contributed by atoms with Crippen LogP contribution in [0.3, 0.4) is 0 Å². The third kappa shape index (κ3) is 2.85. The number of halogens is 2. The summed E-state index contributed by atoms with van der Waals surface area (Å²) in [5.74, 6) is -1.44. The van der Waals surface area contributed by atoms with Gasteiger partial charge in [0, 0.05) is 17.2 Å². The molecule has 1 aromatic heterocycles. The molecule has 22 heavy (non-hydrogen) atoms. The van der Waals surface area contributed by atoms with Crippen molar-refractivity contribution in [3.05, 3.63) is 72.3 Å². The lowest BCUT2D eigenvalue weighted by atomic mass is 10.1. The maximum absolute atomic E-state index is 13.5. The van der Waals surface area contributed by atoms with Crippen molar-refractivity contribution in [2.75, 3.05) is 5.32 Å². The SMILES string of the molecule is O=C(Nc1ccc(F)cc1F)c1ccc(-c2cnco2)cc1. The topological polar surface area (TPSA) is 55.1 Å². The van der Waals surface area contributed by atoms with Gasteiger partial charge in [-0.25, -0.2) is 13.8 Å². The van der Waals surface area contributed by atoms with Gasteiger partial charge in [0.1, 0.15) is 11.6 Å². The Morgan fingerprint density at radius 2 is 1.86 bits per heavy atom. The number of benzene rings is 2. The highest BCUT2D eigenvalue weighted by Gasteiger charge is 2.10. The first-order valence-electron chi connectivity index (χ1n) is 6.39. The minimum atomic E-state index is -0.827. The van der Waals surface area contributed by atoms with Crippen molar-refractivity contribution in [3.63, 3.8) is 0 Å². The van der Waals surface area contributed by atoms with Gasteiger partial charge in [0.15, 0.2) is 12.2 Å². The van der Waals surface area contributed by atoms with Crippen molar-refractivity contribution in [3.8, 4) is 11.3 Å². The van der Waals surface area contributed by atoms with Crippen LogP contribution in [0, 0.1) is 11.6 Å². The van der Waals surface area contributed by atoms with Crippen LogP contribution < -0.4 is 5.32 Å². The quantitative estimate of drug-likeness (QED) is 0.798. The van der Waals surface area contributed by atoms with Crippen LogP contribution in [0.15, 0.2) is 59.5 Å². The molecule has 3 rings (SSSR count). The normalized spacial score (nSPS) is 10.5. The molecule has 1 heterocycles. The van der Waals surface area contributed by atoms with Crippen LogP contribution in [0.5, 0.6) is 0 Å². The number of aromatic nitrogens is 1. The molecule has 1 amide bonds. The van der Waals surface area contributed by atoms with Gasteiger partial charge >= 0.3 is 0 Å². The molecule has 3 aromatic rings. The van der Waals surface area contributed by atoms with E-state index in [0.29, 0.717) is 17.4 Å². The van der Waals surface area contributed by atoms with Gasteiger partial charge in [-0.05, 0) is 24.3 Å². The predicted octanol–water partition coefficient (Wildman–Crippen LogP) is 3.87. The Hall–Kier alpha value is -3.02. The zero-order valence-electron chi connectivity index (χ0n) is 11.2. The van der Waals surface area contributed by atoms with Gasteiger partial charge in [0.05, 0.1) is 11.9 Å². The Morgan fingerprint density at radius 3 is 2.50 bits per heavy atom. The zero-order valence-corrected chi connectivity index (χ0v) is 11.2. The monoisotopic (exact) mass is 300 g/mol. The molecule has 4 nitrogen and oxygen atoms in total. The average molecular weight is 300 g/mol. The van der Waals surface area contributed by atoms with E-state index in [2.05, 4.69) is 10.3 Å². The fraction of sp³-hybridized carbons (Fsp3) is 0. The van der Waals surface area contributed by atoms with Crippen LogP contribution in [0.1, 0.15) is 10.4 Å².